The van der Waals surface area contributed by atoms with Gasteiger partial charge in [0.2, 0.25) is 0 Å². The van der Waals surface area contributed by atoms with Crippen LogP contribution in [0.15, 0.2) is 24.9 Å². The zero-order valence-electron chi connectivity index (χ0n) is 8.46. The predicted octanol–water partition coefficient (Wildman–Crippen LogP) is 2.31. The molecule has 0 atom stereocenters. The van der Waals surface area contributed by atoms with Crippen LogP contribution in [0, 0.1) is 0 Å². The number of nitrogens with two attached hydrogens (primary N) is 1. The van der Waals surface area contributed by atoms with Crippen molar-refractivity contribution in [3.63, 3.8) is 0 Å². The Hall–Kier alpha value is -1.31. The van der Waals surface area contributed by atoms with Gasteiger partial charge < -0.3 is 5.73 Å². The maximum Gasteiger partial charge on any atom is 0.0852 e. The third-order valence-electron chi connectivity index (χ3n) is 1.96. The van der Waals surface area contributed by atoms with Gasteiger partial charge in [0.25, 0.3) is 0 Å². The van der Waals surface area contributed by atoms with E-state index in [1.807, 2.05) is 18.3 Å². The highest BCUT2D eigenvalue weighted by Gasteiger charge is 2.13. The Morgan fingerprint density at radius 2 is 2.00 bits per heavy atom. The fraction of sp³-hybridized carbons (Fsp3) is 0.364. The fourth-order valence-electron chi connectivity index (χ4n) is 1.03. The van der Waals surface area contributed by atoms with E-state index < -0.39 is 0 Å². The molecule has 1 aromatic heterocycles. The zero-order chi connectivity index (χ0) is 10.1. The SMILES string of the molecule is C=C(N)c1ccc(C(C)(C)C)cn1. The largest absolute Gasteiger partial charge is 0.397 e. The Balaban J connectivity index is 3.01. The Morgan fingerprint density at radius 1 is 1.38 bits per heavy atom. The van der Waals surface area contributed by atoms with Crippen molar-refractivity contribution in [1.82, 2.24) is 4.98 Å². The first-order valence-corrected chi connectivity index (χ1v) is 4.32. The molecule has 0 saturated heterocycles. The first-order valence-electron chi connectivity index (χ1n) is 4.32. The molecule has 0 radical (unpaired) electrons. The summed E-state index contributed by atoms with van der Waals surface area (Å²) in [7, 11) is 0. The molecule has 1 rings (SSSR count). The first-order chi connectivity index (χ1) is 5.91. The minimum absolute atomic E-state index is 0.140. The number of hydrogen-bond acceptors (Lipinski definition) is 2. The van der Waals surface area contributed by atoms with Crippen molar-refractivity contribution in [2.24, 2.45) is 5.73 Å². The second-order valence-corrected chi connectivity index (χ2v) is 4.21. The summed E-state index contributed by atoms with van der Waals surface area (Å²) < 4.78 is 0. The quantitative estimate of drug-likeness (QED) is 0.713. The molecule has 13 heavy (non-hydrogen) atoms. The van der Waals surface area contributed by atoms with Crippen LogP contribution in [0.2, 0.25) is 0 Å². The molecule has 70 valence electrons. The summed E-state index contributed by atoms with van der Waals surface area (Å²) in [5, 5.41) is 0. The first kappa shape index (κ1) is 9.78. The van der Waals surface area contributed by atoms with Crippen molar-refractivity contribution < 1.29 is 0 Å². The van der Waals surface area contributed by atoms with E-state index in [0.717, 1.165) is 5.69 Å². The van der Waals surface area contributed by atoms with E-state index in [0.29, 0.717) is 5.70 Å². The van der Waals surface area contributed by atoms with Gasteiger partial charge in [0.15, 0.2) is 0 Å². The van der Waals surface area contributed by atoms with Crippen LogP contribution < -0.4 is 5.73 Å². The van der Waals surface area contributed by atoms with Crippen LogP contribution in [-0.4, -0.2) is 4.98 Å². The lowest BCUT2D eigenvalue weighted by atomic mass is 9.88. The van der Waals surface area contributed by atoms with E-state index in [-0.39, 0.29) is 5.41 Å². The van der Waals surface area contributed by atoms with Gasteiger partial charge in [-0.25, -0.2) is 0 Å². The van der Waals surface area contributed by atoms with Crippen molar-refractivity contribution in [2.75, 3.05) is 0 Å². The molecule has 2 nitrogen and oxygen atoms in total. The van der Waals surface area contributed by atoms with Gasteiger partial charge in [-0.3, -0.25) is 4.98 Å². The summed E-state index contributed by atoms with van der Waals surface area (Å²) in [6.45, 7) is 10.1. The molecule has 0 saturated carbocycles. The molecule has 0 amide bonds. The molecule has 0 bridgehead atoms. The Kier molecular flexibility index (Phi) is 2.41. The van der Waals surface area contributed by atoms with Crippen molar-refractivity contribution >= 4 is 5.70 Å². The molecular weight excluding hydrogens is 160 g/mol. The summed E-state index contributed by atoms with van der Waals surface area (Å²) in [6.07, 6.45) is 1.85. The number of nitrogens with zero attached hydrogens (tertiary/aromatic N) is 1. The van der Waals surface area contributed by atoms with E-state index in [9.17, 15) is 0 Å². The minimum atomic E-state index is 0.140. The molecule has 2 heteroatoms. The van der Waals surface area contributed by atoms with Crippen LogP contribution in [0.25, 0.3) is 5.70 Å². The molecule has 0 aliphatic heterocycles. The number of aromatic nitrogens is 1. The van der Waals surface area contributed by atoms with Crippen LogP contribution in [0.1, 0.15) is 32.0 Å². The lowest BCUT2D eigenvalue weighted by Gasteiger charge is -2.18. The maximum absolute atomic E-state index is 5.52. The van der Waals surface area contributed by atoms with E-state index in [4.69, 9.17) is 5.73 Å². The maximum atomic E-state index is 5.52. The smallest absolute Gasteiger partial charge is 0.0852 e. The van der Waals surface area contributed by atoms with Crippen LogP contribution in [-0.2, 0) is 5.41 Å². The molecule has 0 unspecified atom stereocenters. The summed E-state index contributed by atoms with van der Waals surface area (Å²) in [4.78, 5) is 4.22. The second kappa shape index (κ2) is 3.21. The summed E-state index contributed by atoms with van der Waals surface area (Å²) in [6, 6.07) is 3.95. The van der Waals surface area contributed by atoms with Crippen LogP contribution >= 0.6 is 0 Å². The highest BCUT2D eigenvalue weighted by atomic mass is 14.7. The average Bonchev–Trinajstić information content (AvgIpc) is 2.03. The fourth-order valence-corrected chi connectivity index (χ4v) is 1.03. The monoisotopic (exact) mass is 176 g/mol. The van der Waals surface area contributed by atoms with Crippen molar-refractivity contribution in [3.8, 4) is 0 Å². The van der Waals surface area contributed by atoms with Crippen LogP contribution in [0.4, 0.5) is 0 Å². The average molecular weight is 176 g/mol. The van der Waals surface area contributed by atoms with Crippen LogP contribution in [0.5, 0.6) is 0 Å². The molecule has 0 aliphatic rings. The van der Waals surface area contributed by atoms with Crippen molar-refractivity contribution in [3.05, 3.63) is 36.2 Å². The molecule has 0 fully saturated rings. The van der Waals surface area contributed by atoms with E-state index >= 15 is 0 Å². The van der Waals surface area contributed by atoms with E-state index in [1.165, 1.54) is 5.56 Å². The standard InChI is InChI=1S/C11H16N2/c1-8(12)10-6-5-9(7-13-10)11(2,3)4/h5-7H,1,12H2,2-4H3. The van der Waals surface area contributed by atoms with Gasteiger partial charge in [0.1, 0.15) is 0 Å². The summed E-state index contributed by atoms with van der Waals surface area (Å²) >= 11 is 0. The van der Waals surface area contributed by atoms with E-state index in [1.54, 1.807) is 0 Å². The lowest BCUT2D eigenvalue weighted by molar-refractivity contribution is 0.587. The van der Waals surface area contributed by atoms with Gasteiger partial charge in [-0.1, -0.05) is 33.4 Å². The number of hydrogen-bond donors (Lipinski definition) is 1. The Bertz CT molecular complexity index is 304. The lowest BCUT2D eigenvalue weighted by Crippen LogP contribution is -2.11. The van der Waals surface area contributed by atoms with Gasteiger partial charge in [0.05, 0.1) is 11.4 Å². The summed E-state index contributed by atoms with van der Waals surface area (Å²) in [5.41, 5.74) is 8.13. The third-order valence-corrected chi connectivity index (χ3v) is 1.96. The zero-order valence-corrected chi connectivity index (χ0v) is 8.46. The molecule has 1 aromatic rings. The molecule has 0 aliphatic carbocycles. The Labute approximate surface area is 79.5 Å². The predicted molar refractivity (Wildman–Crippen MR) is 56.2 cm³/mol. The van der Waals surface area contributed by atoms with Gasteiger partial charge in [0, 0.05) is 6.20 Å². The molecule has 0 aromatic carbocycles. The normalized spacial score (nSPS) is 11.3. The highest BCUT2D eigenvalue weighted by molar-refractivity contribution is 5.56. The van der Waals surface area contributed by atoms with E-state index in [2.05, 4.69) is 32.3 Å². The number of pyridine rings is 1. The topological polar surface area (TPSA) is 38.9 Å². The van der Waals surface area contributed by atoms with Crippen molar-refractivity contribution in [1.29, 1.82) is 0 Å². The van der Waals surface area contributed by atoms with Gasteiger partial charge in [-0.05, 0) is 17.0 Å². The van der Waals surface area contributed by atoms with Crippen molar-refractivity contribution in [2.45, 2.75) is 26.2 Å². The number of rotatable bonds is 1. The molecule has 0 spiro atoms. The second-order valence-electron chi connectivity index (χ2n) is 4.21. The molecule has 2 N–H and O–H groups in total. The Morgan fingerprint density at radius 3 is 2.31 bits per heavy atom. The van der Waals surface area contributed by atoms with Gasteiger partial charge in [-0.15, -0.1) is 0 Å². The minimum Gasteiger partial charge on any atom is -0.397 e. The van der Waals surface area contributed by atoms with Gasteiger partial charge >= 0.3 is 0 Å². The highest BCUT2D eigenvalue weighted by Crippen LogP contribution is 2.21. The van der Waals surface area contributed by atoms with Crippen LogP contribution in [0.3, 0.4) is 0 Å². The summed E-state index contributed by atoms with van der Waals surface area (Å²) in [5.74, 6) is 0. The molecular formula is C11H16N2. The van der Waals surface area contributed by atoms with Gasteiger partial charge in [-0.2, -0.15) is 0 Å². The third kappa shape index (κ3) is 2.31. The molecule has 1 heterocycles.